The fourth-order valence-corrected chi connectivity index (χ4v) is 2.09. The minimum absolute atomic E-state index is 0.158. The number of hydrogen-bond acceptors (Lipinski definition) is 1. The molecular formula is C14H22FN. The first-order valence-electron chi connectivity index (χ1n) is 6.15. The van der Waals surface area contributed by atoms with Crippen LogP contribution >= 0.6 is 0 Å². The summed E-state index contributed by atoms with van der Waals surface area (Å²) in [5.41, 5.74) is 1.01. The molecule has 1 unspecified atom stereocenters. The largest absolute Gasteiger partial charge is 0.310 e. The number of nitrogens with one attached hydrogen (secondary N) is 1. The van der Waals surface area contributed by atoms with Crippen molar-refractivity contribution in [2.45, 2.75) is 46.2 Å². The highest BCUT2D eigenvalue weighted by atomic mass is 19.1. The Balaban J connectivity index is 2.45. The Bertz CT molecular complexity index is 307. The third-order valence-electron chi connectivity index (χ3n) is 3.27. The summed E-state index contributed by atoms with van der Waals surface area (Å²) in [6, 6.07) is 7.27. The van der Waals surface area contributed by atoms with Crippen LogP contribution < -0.4 is 5.32 Å². The zero-order chi connectivity index (χ0) is 12.0. The monoisotopic (exact) mass is 223 g/mol. The van der Waals surface area contributed by atoms with Crippen molar-refractivity contribution in [3.05, 3.63) is 35.6 Å². The van der Waals surface area contributed by atoms with Gasteiger partial charge in [0.05, 0.1) is 0 Å². The maximum absolute atomic E-state index is 13.0. The van der Waals surface area contributed by atoms with E-state index >= 15 is 0 Å². The molecular weight excluding hydrogens is 201 g/mol. The first kappa shape index (κ1) is 13.2. The maximum Gasteiger partial charge on any atom is 0.123 e. The summed E-state index contributed by atoms with van der Waals surface area (Å²) in [5.74, 6) is 0.544. The number of benzene rings is 1. The smallest absolute Gasteiger partial charge is 0.123 e. The Kier molecular flexibility index (Phi) is 5.47. The standard InChI is InChI=1S/C14H22FN/c1-4-13(5-2)11(3)16-10-12-7-6-8-14(15)9-12/h6-9,11,13,16H,4-5,10H2,1-3H3. The van der Waals surface area contributed by atoms with Crippen LogP contribution in [-0.4, -0.2) is 6.04 Å². The third-order valence-corrected chi connectivity index (χ3v) is 3.27. The maximum atomic E-state index is 13.0. The topological polar surface area (TPSA) is 12.0 Å². The van der Waals surface area contributed by atoms with Crippen LogP contribution in [0.15, 0.2) is 24.3 Å². The molecule has 1 aromatic carbocycles. The molecule has 0 saturated heterocycles. The van der Waals surface area contributed by atoms with Crippen molar-refractivity contribution in [3.63, 3.8) is 0 Å². The molecule has 1 N–H and O–H groups in total. The zero-order valence-electron chi connectivity index (χ0n) is 10.5. The highest BCUT2D eigenvalue weighted by Gasteiger charge is 2.12. The third kappa shape index (κ3) is 3.93. The van der Waals surface area contributed by atoms with E-state index in [-0.39, 0.29) is 5.82 Å². The second kappa shape index (κ2) is 6.64. The highest BCUT2D eigenvalue weighted by Crippen LogP contribution is 2.13. The molecule has 1 aromatic rings. The van der Waals surface area contributed by atoms with Crippen LogP contribution in [-0.2, 0) is 6.54 Å². The average Bonchev–Trinajstić information content (AvgIpc) is 2.28. The molecule has 1 nitrogen and oxygen atoms in total. The summed E-state index contributed by atoms with van der Waals surface area (Å²) in [4.78, 5) is 0. The second-order valence-corrected chi connectivity index (χ2v) is 4.38. The van der Waals surface area contributed by atoms with Crippen LogP contribution in [0.25, 0.3) is 0 Å². The molecule has 1 rings (SSSR count). The van der Waals surface area contributed by atoms with Gasteiger partial charge < -0.3 is 5.32 Å². The average molecular weight is 223 g/mol. The van der Waals surface area contributed by atoms with E-state index < -0.39 is 0 Å². The molecule has 0 aliphatic rings. The lowest BCUT2D eigenvalue weighted by Crippen LogP contribution is -2.32. The number of rotatable bonds is 6. The molecule has 0 aromatic heterocycles. The number of halogens is 1. The van der Waals surface area contributed by atoms with Crippen molar-refractivity contribution >= 4 is 0 Å². The molecule has 90 valence electrons. The molecule has 0 aliphatic heterocycles. The molecule has 2 heteroatoms. The lowest BCUT2D eigenvalue weighted by atomic mass is 9.95. The summed E-state index contributed by atoms with van der Waals surface area (Å²) >= 11 is 0. The van der Waals surface area contributed by atoms with Gasteiger partial charge in [0.25, 0.3) is 0 Å². The predicted molar refractivity (Wildman–Crippen MR) is 66.8 cm³/mol. The lowest BCUT2D eigenvalue weighted by molar-refractivity contribution is 0.353. The molecule has 0 radical (unpaired) electrons. The van der Waals surface area contributed by atoms with Crippen LogP contribution in [0.1, 0.15) is 39.2 Å². The van der Waals surface area contributed by atoms with Gasteiger partial charge in [0, 0.05) is 12.6 Å². The van der Waals surface area contributed by atoms with E-state index in [1.807, 2.05) is 6.07 Å². The van der Waals surface area contributed by atoms with Gasteiger partial charge in [-0.1, -0.05) is 38.8 Å². The van der Waals surface area contributed by atoms with Gasteiger partial charge in [-0.25, -0.2) is 4.39 Å². The van der Waals surface area contributed by atoms with Gasteiger partial charge >= 0.3 is 0 Å². The van der Waals surface area contributed by atoms with Crippen LogP contribution in [0.5, 0.6) is 0 Å². The summed E-state index contributed by atoms with van der Waals surface area (Å²) in [7, 11) is 0. The minimum Gasteiger partial charge on any atom is -0.310 e. The Labute approximate surface area is 98.1 Å². The molecule has 1 atom stereocenters. The van der Waals surface area contributed by atoms with E-state index in [9.17, 15) is 4.39 Å². The summed E-state index contributed by atoms with van der Waals surface area (Å²) in [5, 5.41) is 3.46. The fraction of sp³-hybridized carbons (Fsp3) is 0.571. The SMILES string of the molecule is CCC(CC)C(C)NCc1cccc(F)c1. The Hall–Kier alpha value is -0.890. The summed E-state index contributed by atoms with van der Waals surface area (Å²) in [6.07, 6.45) is 2.38. The van der Waals surface area contributed by atoms with Crippen molar-refractivity contribution in [2.75, 3.05) is 0 Å². The minimum atomic E-state index is -0.158. The van der Waals surface area contributed by atoms with Crippen LogP contribution in [0, 0.1) is 11.7 Å². The normalized spacial score (nSPS) is 13.1. The van der Waals surface area contributed by atoms with Crippen molar-refractivity contribution < 1.29 is 4.39 Å². The Morgan fingerprint density at radius 1 is 1.25 bits per heavy atom. The van der Waals surface area contributed by atoms with E-state index in [1.165, 1.54) is 18.9 Å². The van der Waals surface area contributed by atoms with E-state index in [2.05, 4.69) is 26.1 Å². The first-order chi connectivity index (χ1) is 7.67. The molecule has 0 bridgehead atoms. The quantitative estimate of drug-likeness (QED) is 0.774. The Morgan fingerprint density at radius 3 is 2.50 bits per heavy atom. The summed E-state index contributed by atoms with van der Waals surface area (Å²) < 4.78 is 13.0. The van der Waals surface area contributed by atoms with Crippen LogP contribution in [0.2, 0.25) is 0 Å². The van der Waals surface area contributed by atoms with Crippen molar-refractivity contribution in [1.29, 1.82) is 0 Å². The van der Waals surface area contributed by atoms with E-state index in [1.54, 1.807) is 12.1 Å². The predicted octanol–water partition coefficient (Wildman–Crippen LogP) is 3.74. The molecule has 0 saturated carbocycles. The lowest BCUT2D eigenvalue weighted by Gasteiger charge is -2.22. The van der Waals surface area contributed by atoms with Gasteiger partial charge in [0.2, 0.25) is 0 Å². The van der Waals surface area contributed by atoms with Crippen molar-refractivity contribution in [2.24, 2.45) is 5.92 Å². The van der Waals surface area contributed by atoms with E-state index in [0.29, 0.717) is 12.0 Å². The van der Waals surface area contributed by atoms with E-state index in [0.717, 1.165) is 12.1 Å². The number of hydrogen-bond donors (Lipinski definition) is 1. The van der Waals surface area contributed by atoms with Crippen molar-refractivity contribution in [1.82, 2.24) is 5.32 Å². The fourth-order valence-electron chi connectivity index (χ4n) is 2.09. The summed E-state index contributed by atoms with van der Waals surface area (Å²) in [6.45, 7) is 7.38. The second-order valence-electron chi connectivity index (χ2n) is 4.38. The van der Waals surface area contributed by atoms with E-state index in [4.69, 9.17) is 0 Å². The van der Waals surface area contributed by atoms with Crippen LogP contribution in [0.4, 0.5) is 4.39 Å². The van der Waals surface area contributed by atoms with Gasteiger partial charge in [-0.15, -0.1) is 0 Å². The molecule has 16 heavy (non-hydrogen) atoms. The van der Waals surface area contributed by atoms with Crippen molar-refractivity contribution in [3.8, 4) is 0 Å². The molecule has 0 fully saturated rings. The zero-order valence-corrected chi connectivity index (χ0v) is 10.5. The van der Waals surface area contributed by atoms with Gasteiger partial charge in [-0.2, -0.15) is 0 Å². The molecule has 0 aliphatic carbocycles. The van der Waals surface area contributed by atoms with Crippen LogP contribution in [0.3, 0.4) is 0 Å². The van der Waals surface area contributed by atoms with Gasteiger partial charge in [-0.3, -0.25) is 0 Å². The van der Waals surface area contributed by atoms with Gasteiger partial charge in [0.1, 0.15) is 5.82 Å². The Morgan fingerprint density at radius 2 is 1.94 bits per heavy atom. The van der Waals surface area contributed by atoms with Gasteiger partial charge in [0.15, 0.2) is 0 Å². The molecule has 0 heterocycles. The first-order valence-corrected chi connectivity index (χ1v) is 6.15. The van der Waals surface area contributed by atoms with Gasteiger partial charge in [-0.05, 0) is 30.5 Å². The molecule has 0 spiro atoms. The molecule has 0 amide bonds. The highest BCUT2D eigenvalue weighted by molar-refractivity contribution is 5.16.